The van der Waals surface area contributed by atoms with Gasteiger partial charge in [-0.1, -0.05) is 24.4 Å². The highest BCUT2D eigenvalue weighted by molar-refractivity contribution is 6.32. The molecule has 1 saturated carbocycles. The summed E-state index contributed by atoms with van der Waals surface area (Å²) < 4.78 is 0. The van der Waals surface area contributed by atoms with E-state index in [2.05, 4.69) is 10.6 Å². The van der Waals surface area contributed by atoms with Gasteiger partial charge in [-0.15, -0.1) is 0 Å². The number of nitrogens with one attached hydrogen (secondary N) is 2. The minimum absolute atomic E-state index is 0.148. The quantitative estimate of drug-likeness (QED) is 0.744. The molecule has 0 spiro atoms. The number of halogens is 1. The van der Waals surface area contributed by atoms with E-state index in [1.165, 1.54) is 45.1 Å². The molecule has 3 N–H and O–H groups in total. The molecule has 1 aromatic rings. The molecule has 2 aliphatic rings. The van der Waals surface area contributed by atoms with Crippen molar-refractivity contribution in [3.63, 3.8) is 0 Å². The maximum absolute atomic E-state index is 9.50. The molecule has 0 amide bonds. The Morgan fingerprint density at radius 1 is 1.15 bits per heavy atom. The minimum atomic E-state index is 0.148. The predicted octanol–water partition coefficient (Wildman–Crippen LogP) is 3.77. The Hall–Kier alpha value is -0.930. The van der Waals surface area contributed by atoms with E-state index < -0.39 is 0 Å². The standard InChI is InChI=1S/C16H23ClN2O/c17-13-10-11(7-8-16(13)20)19-15-5-2-1-4-12(15)14-6-3-9-18-14/h7-8,10,12,14-15,18-20H,1-6,9H2. The van der Waals surface area contributed by atoms with E-state index in [9.17, 15) is 5.11 Å². The van der Waals surface area contributed by atoms with Gasteiger partial charge in [0.2, 0.25) is 0 Å². The lowest BCUT2D eigenvalue weighted by atomic mass is 9.79. The van der Waals surface area contributed by atoms with E-state index in [0.29, 0.717) is 23.0 Å². The minimum Gasteiger partial charge on any atom is -0.506 e. The summed E-state index contributed by atoms with van der Waals surface area (Å²) in [5, 5.41) is 17.2. The predicted molar refractivity (Wildman–Crippen MR) is 83.5 cm³/mol. The van der Waals surface area contributed by atoms with Crippen molar-refractivity contribution in [2.75, 3.05) is 11.9 Å². The summed E-state index contributed by atoms with van der Waals surface area (Å²) in [5.74, 6) is 0.855. The van der Waals surface area contributed by atoms with Gasteiger partial charge < -0.3 is 15.7 Å². The molecule has 20 heavy (non-hydrogen) atoms. The van der Waals surface area contributed by atoms with E-state index >= 15 is 0 Å². The van der Waals surface area contributed by atoms with Gasteiger partial charge in [-0.3, -0.25) is 0 Å². The highest BCUT2D eigenvalue weighted by atomic mass is 35.5. The number of rotatable bonds is 3. The van der Waals surface area contributed by atoms with Crippen LogP contribution in [0.15, 0.2) is 18.2 Å². The first-order valence-electron chi connectivity index (χ1n) is 7.72. The highest BCUT2D eigenvalue weighted by Gasteiger charge is 2.33. The second-order valence-corrected chi connectivity index (χ2v) is 6.48. The van der Waals surface area contributed by atoms with E-state index in [4.69, 9.17) is 11.6 Å². The van der Waals surface area contributed by atoms with Crippen LogP contribution in [-0.4, -0.2) is 23.7 Å². The monoisotopic (exact) mass is 294 g/mol. The van der Waals surface area contributed by atoms with Crippen molar-refractivity contribution in [2.24, 2.45) is 5.92 Å². The topological polar surface area (TPSA) is 44.3 Å². The van der Waals surface area contributed by atoms with Crippen LogP contribution in [0.5, 0.6) is 5.75 Å². The molecule has 110 valence electrons. The molecule has 2 fully saturated rings. The van der Waals surface area contributed by atoms with Gasteiger partial charge in [-0.2, -0.15) is 0 Å². The second-order valence-electron chi connectivity index (χ2n) is 6.07. The van der Waals surface area contributed by atoms with Crippen LogP contribution in [0.4, 0.5) is 5.69 Å². The van der Waals surface area contributed by atoms with Crippen molar-refractivity contribution in [1.29, 1.82) is 0 Å². The largest absolute Gasteiger partial charge is 0.506 e. The maximum atomic E-state index is 9.50. The summed E-state index contributed by atoms with van der Waals surface area (Å²) in [7, 11) is 0. The Morgan fingerprint density at radius 2 is 2.00 bits per heavy atom. The number of hydrogen-bond acceptors (Lipinski definition) is 3. The van der Waals surface area contributed by atoms with Gasteiger partial charge >= 0.3 is 0 Å². The van der Waals surface area contributed by atoms with Gasteiger partial charge in [0, 0.05) is 17.8 Å². The zero-order chi connectivity index (χ0) is 13.9. The number of anilines is 1. The van der Waals surface area contributed by atoms with Crippen LogP contribution in [-0.2, 0) is 0 Å². The first-order valence-corrected chi connectivity index (χ1v) is 8.10. The fourth-order valence-corrected chi connectivity index (χ4v) is 3.89. The van der Waals surface area contributed by atoms with Gasteiger partial charge in [0.1, 0.15) is 5.75 Å². The Kier molecular flexibility index (Phi) is 4.37. The van der Waals surface area contributed by atoms with Crippen molar-refractivity contribution < 1.29 is 5.11 Å². The third-order valence-electron chi connectivity index (χ3n) is 4.73. The third-order valence-corrected chi connectivity index (χ3v) is 5.04. The molecule has 1 aromatic carbocycles. The molecular weight excluding hydrogens is 272 g/mol. The molecule has 0 aromatic heterocycles. The Morgan fingerprint density at radius 3 is 2.75 bits per heavy atom. The van der Waals surface area contributed by atoms with Crippen LogP contribution in [0.2, 0.25) is 5.02 Å². The molecule has 3 rings (SSSR count). The van der Waals surface area contributed by atoms with Crippen molar-refractivity contribution in [3.8, 4) is 5.75 Å². The average molecular weight is 295 g/mol. The molecule has 1 heterocycles. The van der Waals surface area contributed by atoms with Crippen molar-refractivity contribution in [3.05, 3.63) is 23.2 Å². The summed E-state index contributed by atoms with van der Waals surface area (Å²) in [6.45, 7) is 1.17. The third kappa shape index (κ3) is 3.04. The lowest BCUT2D eigenvalue weighted by Crippen LogP contribution is -2.43. The van der Waals surface area contributed by atoms with Crippen LogP contribution < -0.4 is 10.6 Å². The fourth-order valence-electron chi connectivity index (χ4n) is 3.71. The van der Waals surface area contributed by atoms with Crippen LogP contribution in [0.1, 0.15) is 38.5 Å². The second kappa shape index (κ2) is 6.23. The highest BCUT2D eigenvalue weighted by Crippen LogP contribution is 2.34. The average Bonchev–Trinajstić information content (AvgIpc) is 2.97. The molecule has 0 radical (unpaired) electrons. The van der Waals surface area contributed by atoms with Crippen LogP contribution >= 0.6 is 11.6 Å². The number of phenolic OH excluding ortho intramolecular Hbond substituents is 1. The Labute approximate surface area is 125 Å². The van der Waals surface area contributed by atoms with Gasteiger partial charge in [-0.25, -0.2) is 0 Å². The fraction of sp³-hybridized carbons (Fsp3) is 0.625. The molecule has 3 nitrogen and oxygen atoms in total. The molecule has 3 atom stereocenters. The summed E-state index contributed by atoms with van der Waals surface area (Å²) >= 11 is 5.99. The Balaban J connectivity index is 1.71. The summed E-state index contributed by atoms with van der Waals surface area (Å²) in [5.41, 5.74) is 1.02. The summed E-state index contributed by atoms with van der Waals surface area (Å²) in [6.07, 6.45) is 7.78. The normalized spacial score (nSPS) is 30.4. The smallest absolute Gasteiger partial charge is 0.134 e. The van der Waals surface area contributed by atoms with Crippen LogP contribution in [0.25, 0.3) is 0 Å². The van der Waals surface area contributed by atoms with Gasteiger partial charge in [0.15, 0.2) is 0 Å². The molecule has 0 bridgehead atoms. The van der Waals surface area contributed by atoms with Crippen LogP contribution in [0.3, 0.4) is 0 Å². The molecule has 1 aliphatic heterocycles. The van der Waals surface area contributed by atoms with Crippen molar-refractivity contribution >= 4 is 17.3 Å². The van der Waals surface area contributed by atoms with Crippen LogP contribution in [0, 0.1) is 5.92 Å². The van der Waals surface area contributed by atoms with E-state index in [-0.39, 0.29) is 5.75 Å². The number of phenols is 1. The lowest BCUT2D eigenvalue weighted by Gasteiger charge is -2.36. The van der Waals surface area contributed by atoms with Gasteiger partial charge in [0.05, 0.1) is 5.02 Å². The number of aromatic hydroxyl groups is 1. The van der Waals surface area contributed by atoms with E-state index in [1.54, 1.807) is 6.07 Å². The van der Waals surface area contributed by atoms with Gasteiger partial charge in [0.25, 0.3) is 0 Å². The summed E-state index contributed by atoms with van der Waals surface area (Å²) in [4.78, 5) is 0. The van der Waals surface area contributed by atoms with Crippen molar-refractivity contribution in [2.45, 2.75) is 50.6 Å². The first kappa shape index (κ1) is 14.0. The van der Waals surface area contributed by atoms with Crippen molar-refractivity contribution in [1.82, 2.24) is 5.32 Å². The molecule has 1 aliphatic carbocycles. The Bertz CT molecular complexity index is 460. The zero-order valence-corrected chi connectivity index (χ0v) is 12.5. The molecule has 4 heteroatoms. The maximum Gasteiger partial charge on any atom is 0.134 e. The molecule has 3 unspecified atom stereocenters. The number of hydrogen-bond donors (Lipinski definition) is 3. The zero-order valence-electron chi connectivity index (χ0n) is 11.7. The molecular formula is C16H23ClN2O. The van der Waals surface area contributed by atoms with Gasteiger partial charge in [-0.05, 0) is 56.3 Å². The van der Waals surface area contributed by atoms with E-state index in [1.807, 2.05) is 12.1 Å². The summed E-state index contributed by atoms with van der Waals surface area (Å²) in [6, 6.07) is 6.58. The first-order chi connectivity index (χ1) is 9.74. The van der Waals surface area contributed by atoms with E-state index in [0.717, 1.165) is 5.69 Å². The SMILES string of the molecule is Oc1ccc(NC2CCCCC2C2CCCN2)cc1Cl. The molecule has 1 saturated heterocycles. The lowest BCUT2D eigenvalue weighted by molar-refractivity contribution is 0.263. The number of benzene rings is 1.